The molecule has 0 unspecified atom stereocenters. The lowest BCUT2D eigenvalue weighted by atomic mass is 9.97. The van der Waals surface area contributed by atoms with Crippen LogP contribution in [0.25, 0.3) is 53.1 Å². The Morgan fingerprint density at radius 2 is 1.34 bits per heavy atom. The first kappa shape index (κ1) is 26.0. The molecule has 0 fully saturated rings. The fourth-order valence-corrected chi connectivity index (χ4v) is 7.30. The van der Waals surface area contributed by atoms with Crippen molar-refractivity contribution in [1.29, 1.82) is 10.7 Å². The number of para-hydroxylation sites is 2. The van der Waals surface area contributed by atoms with Gasteiger partial charge in [0.15, 0.2) is 0 Å². The van der Waals surface area contributed by atoms with Gasteiger partial charge in [0, 0.05) is 47.8 Å². The van der Waals surface area contributed by atoms with E-state index in [4.69, 9.17) is 10.7 Å². The summed E-state index contributed by atoms with van der Waals surface area (Å²) in [6, 6.07) is 47.8. The lowest BCUT2D eigenvalue weighted by molar-refractivity contribution is 0.841. The SMILES string of the molecule is N#Cc1ccc(-c2ccc(C(=N)c3ccccc3NCn3c4ccccc4c4cc5sc6ccccc6c5cc43)cc2)cc1. The third kappa shape index (κ3) is 4.32. The van der Waals surface area contributed by atoms with Crippen LogP contribution in [0.1, 0.15) is 16.7 Å². The zero-order chi connectivity index (χ0) is 29.6. The van der Waals surface area contributed by atoms with E-state index in [2.05, 4.69) is 76.6 Å². The van der Waals surface area contributed by atoms with Crippen LogP contribution in [-0.4, -0.2) is 10.3 Å². The zero-order valence-electron chi connectivity index (χ0n) is 23.7. The number of nitrogens with one attached hydrogen (secondary N) is 2. The minimum atomic E-state index is 0.466. The highest BCUT2D eigenvalue weighted by Crippen LogP contribution is 2.39. The number of fused-ring (bicyclic) bond motifs is 6. The molecule has 0 aliphatic carbocycles. The molecule has 0 aliphatic rings. The van der Waals surface area contributed by atoms with Crippen LogP contribution in [0.4, 0.5) is 5.69 Å². The molecule has 4 nitrogen and oxygen atoms in total. The second-order valence-corrected chi connectivity index (χ2v) is 12.0. The van der Waals surface area contributed by atoms with E-state index in [1.54, 1.807) is 0 Å². The maximum Gasteiger partial charge on any atom is 0.0991 e. The van der Waals surface area contributed by atoms with Gasteiger partial charge in [0.05, 0.1) is 35.0 Å². The minimum absolute atomic E-state index is 0.466. The quantitative estimate of drug-likeness (QED) is 0.192. The van der Waals surface area contributed by atoms with Gasteiger partial charge >= 0.3 is 0 Å². The Morgan fingerprint density at radius 3 is 2.14 bits per heavy atom. The number of hydrogen-bond acceptors (Lipinski definition) is 4. The second kappa shape index (κ2) is 10.5. The van der Waals surface area contributed by atoms with Crippen molar-refractivity contribution in [2.24, 2.45) is 0 Å². The molecule has 0 saturated heterocycles. The lowest BCUT2D eigenvalue weighted by Crippen LogP contribution is -2.12. The maximum atomic E-state index is 9.12. The smallest absolute Gasteiger partial charge is 0.0991 e. The summed E-state index contributed by atoms with van der Waals surface area (Å²) >= 11 is 1.85. The van der Waals surface area contributed by atoms with Crippen LogP contribution in [0.15, 0.2) is 133 Å². The van der Waals surface area contributed by atoms with E-state index in [0.29, 0.717) is 17.9 Å². The minimum Gasteiger partial charge on any atom is -0.367 e. The fourth-order valence-electron chi connectivity index (χ4n) is 6.18. The average Bonchev–Trinajstić information content (AvgIpc) is 3.61. The normalized spacial score (nSPS) is 11.3. The standard InChI is InChI=1S/C39H26N4S/c40-23-25-13-15-26(16-14-25)27-17-19-28(20-18-27)39(41)31-9-1-4-10-34(31)42-24-43-35-11-5-2-7-29(35)32-22-38-33(21-36(32)43)30-8-3-6-12-37(30)44-38/h1-22,41-42H,24H2. The summed E-state index contributed by atoms with van der Waals surface area (Å²) in [5.41, 5.74) is 8.20. The molecule has 0 atom stereocenters. The molecule has 2 heterocycles. The first-order valence-electron chi connectivity index (χ1n) is 14.5. The number of nitriles is 1. The van der Waals surface area contributed by atoms with Gasteiger partial charge in [-0.3, -0.25) is 5.41 Å². The van der Waals surface area contributed by atoms with E-state index in [9.17, 15) is 0 Å². The molecule has 44 heavy (non-hydrogen) atoms. The summed E-state index contributed by atoms with van der Waals surface area (Å²) < 4.78 is 4.96. The molecule has 0 spiro atoms. The Kier molecular flexibility index (Phi) is 6.22. The maximum absolute atomic E-state index is 9.12. The van der Waals surface area contributed by atoms with Crippen LogP contribution in [0.5, 0.6) is 0 Å². The summed E-state index contributed by atoms with van der Waals surface area (Å²) in [7, 11) is 0. The molecule has 8 rings (SSSR count). The van der Waals surface area contributed by atoms with Gasteiger partial charge in [0.2, 0.25) is 0 Å². The molecule has 2 aromatic heterocycles. The average molecular weight is 583 g/mol. The van der Waals surface area contributed by atoms with E-state index in [-0.39, 0.29) is 0 Å². The van der Waals surface area contributed by atoms with Gasteiger partial charge in [-0.05, 0) is 53.6 Å². The summed E-state index contributed by atoms with van der Waals surface area (Å²) in [5.74, 6) is 0. The summed E-state index contributed by atoms with van der Waals surface area (Å²) in [4.78, 5) is 0. The lowest BCUT2D eigenvalue weighted by Gasteiger charge is -2.15. The van der Waals surface area contributed by atoms with Crippen molar-refractivity contribution < 1.29 is 0 Å². The number of benzene rings is 6. The molecule has 0 amide bonds. The van der Waals surface area contributed by atoms with Crippen LogP contribution in [0.2, 0.25) is 0 Å². The molecule has 6 aromatic carbocycles. The third-order valence-electron chi connectivity index (χ3n) is 8.42. The van der Waals surface area contributed by atoms with Crippen LogP contribution >= 0.6 is 11.3 Å². The third-order valence-corrected chi connectivity index (χ3v) is 9.55. The first-order chi connectivity index (χ1) is 21.7. The van der Waals surface area contributed by atoms with Gasteiger partial charge in [-0.2, -0.15) is 5.26 Å². The fraction of sp³-hybridized carbons (Fsp3) is 0.0256. The van der Waals surface area contributed by atoms with Gasteiger partial charge < -0.3 is 9.88 Å². The van der Waals surface area contributed by atoms with Gasteiger partial charge in [0.1, 0.15) is 0 Å². The molecule has 2 N–H and O–H groups in total. The van der Waals surface area contributed by atoms with Crippen LogP contribution < -0.4 is 5.32 Å². The number of thiophene rings is 1. The van der Waals surface area contributed by atoms with Crippen molar-refractivity contribution in [3.63, 3.8) is 0 Å². The van der Waals surface area contributed by atoms with Gasteiger partial charge in [0.25, 0.3) is 0 Å². The van der Waals surface area contributed by atoms with Crippen molar-refractivity contribution in [1.82, 2.24) is 4.57 Å². The molecule has 0 radical (unpaired) electrons. The Labute approximate surface area is 258 Å². The predicted octanol–water partition coefficient (Wildman–Crippen LogP) is 10.2. The van der Waals surface area contributed by atoms with E-state index >= 15 is 0 Å². The van der Waals surface area contributed by atoms with Crippen molar-refractivity contribution >= 4 is 64.7 Å². The molecule has 208 valence electrons. The number of nitrogens with zero attached hydrogens (tertiary/aromatic N) is 2. The zero-order valence-corrected chi connectivity index (χ0v) is 24.5. The molecule has 0 aliphatic heterocycles. The highest BCUT2D eigenvalue weighted by molar-refractivity contribution is 7.25. The monoisotopic (exact) mass is 582 g/mol. The first-order valence-corrected chi connectivity index (χ1v) is 15.3. The molecule has 0 saturated carbocycles. The van der Waals surface area contributed by atoms with Crippen LogP contribution in [0, 0.1) is 16.7 Å². The number of rotatable bonds is 6. The predicted molar refractivity (Wildman–Crippen MR) is 185 cm³/mol. The van der Waals surface area contributed by atoms with Gasteiger partial charge in [-0.1, -0.05) is 91.0 Å². The number of anilines is 1. The second-order valence-electron chi connectivity index (χ2n) is 10.9. The highest BCUT2D eigenvalue weighted by Gasteiger charge is 2.15. The Balaban J connectivity index is 1.13. The molecule has 5 heteroatoms. The summed E-state index contributed by atoms with van der Waals surface area (Å²) in [6.45, 7) is 0.569. The van der Waals surface area contributed by atoms with Crippen molar-refractivity contribution in [3.8, 4) is 17.2 Å². The van der Waals surface area contributed by atoms with E-state index < -0.39 is 0 Å². The van der Waals surface area contributed by atoms with E-state index in [1.165, 1.54) is 42.0 Å². The van der Waals surface area contributed by atoms with Crippen LogP contribution in [0.3, 0.4) is 0 Å². The molecular formula is C39H26N4S. The van der Waals surface area contributed by atoms with Gasteiger partial charge in [-0.15, -0.1) is 11.3 Å². The van der Waals surface area contributed by atoms with E-state index in [0.717, 1.165) is 27.9 Å². The van der Waals surface area contributed by atoms with Crippen LogP contribution in [-0.2, 0) is 6.67 Å². The highest BCUT2D eigenvalue weighted by atomic mass is 32.1. The number of hydrogen-bond donors (Lipinski definition) is 2. The van der Waals surface area contributed by atoms with Gasteiger partial charge in [-0.25, -0.2) is 0 Å². The molecule has 0 bridgehead atoms. The Bertz CT molecular complexity index is 2410. The van der Waals surface area contributed by atoms with Crippen molar-refractivity contribution in [2.45, 2.75) is 6.67 Å². The largest absolute Gasteiger partial charge is 0.367 e. The van der Waals surface area contributed by atoms with E-state index in [1.807, 2.05) is 84.1 Å². The summed E-state index contributed by atoms with van der Waals surface area (Å²) in [6.07, 6.45) is 0. The number of aromatic nitrogens is 1. The topological polar surface area (TPSA) is 64.6 Å². The molecular weight excluding hydrogens is 557 g/mol. The Morgan fingerprint density at radius 1 is 0.659 bits per heavy atom. The Hall–Kier alpha value is -5.70. The summed E-state index contributed by atoms with van der Waals surface area (Å²) in [5, 5.41) is 27.0. The molecule has 8 aromatic rings. The van der Waals surface area contributed by atoms with Crippen molar-refractivity contribution in [3.05, 3.63) is 150 Å². The van der Waals surface area contributed by atoms with Crippen molar-refractivity contribution in [2.75, 3.05) is 5.32 Å².